The van der Waals surface area contributed by atoms with Crippen molar-refractivity contribution in [2.45, 2.75) is 26.2 Å². The van der Waals surface area contributed by atoms with Crippen LogP contribution in [0.5, 0.6) is 0 Å². The van der Waals surface area contributed by atoms with E-state index < -0.39 is 0 Å². The number of hydrogen-bond donors (Lipinski definition) is 1. The predicted molar refractivity (Wildman–Crippen MR) is 118 cm³/mol. The molecule has 1 aromatic heterocycles. The molecule has 1 fully saturated rings. The molecule has 2 heterocycles. The number of hydrogen-bond acceptors (Lipinski definition) is 5. The van der Waals surface area contributed by atoms with Gasteiger partial charge in [-0.3, -0.25) is 9.59 Å². The fourth-order valence-electron chi connectivity index (χ4n) is 3.66. The van der Waals surface area contributed by atoms with Gasteiger partial charge in [-0.25, -0.2) is 4.39 Å². The van der Waals surface area contributed by atoms with E-state index >= 15 is 0 Å². The molecule has 6 nitrogen and oxygen atoms in total. The third kappa shape index (κ3) is 5.32. The van der Waals surface area contributed by atoms with Crippen LogP contribution in [0.25, 0.3) is 0 Å². The number of nitrogens with zero attached hydrogens (tertiary/aromatic N) is 3. The van der Waals surface area contributed by atoms with Gasteiger partial charge in [-0.1, -0.05) is 41.2 Å². The standard InChI is InChI=1S/C23H23FN4O2S/c1-15-7-9-17(10-8-15)22(30)28-11-3-5-18(14-28)21(29)25-23-27-26-20(31-23)13-16-4-2-6-19(24)12-16/h2,4,6-10,12,18H,3,5,11,13-14H2,1H3,(H,25,27,29). The topological polar surface area (TPSA) is 75.2 Å². The van der Waals surface area contributed by atoms with Gasteiger partial charge in [-0.15, -0.1) is 10.2 Å². The molecule has 2 aromatic carbocycles. The number of aryl methyl sites for hydroxylation is 1. The van der Waals surface area contributed by atoms with Crippen molar-refractivity contribution >= 4 is 28.3 Å². The maximum atomic E-state index is 13.3. The Kier molecular flexibility index (Phi) is 6.36. The van der Waals surface area contributed by atoms with Gasteiger partial charge < -0.3 is 10.2 Å². The zero-order chi connectivity index (χ0) is 21.8. The number of halogens is 1. The van der Waals surface area contributed by atoms with E-state index in [0.29, 0.717) is 35.2 Å². The lowest BCUT2D eigenvalue weighted by molar-refractivity contribution is -0.121. The Labute approximate surface area is 184 Å². The first-order valence-electron chi connectivity index (χ1n) is 10.2. The summed E-state index contributed by atoms with van der Waals surface area (Å²) >= 11 is 1.27. The fourth-order valence-corrected chi connectivity index (χ4v) is 4.44. The van der Waals surface area contributed by atoms with Gasteiger partial charge in [0.25, 0.3) is 5.91 Å². The average Bonchev–Trinajstić information content (AvgIpc) is 3.20. The molecule has 0 saturated carbocycles. The normalized spacial score (nSPS) is 16.2. The first-order chi connectivity index (χ1) is 15.0. The number of benzene rings is 2. The molecule has 2 amide bonds. The van der Waals surface area contributed by atoms with Crippen LogP contribution in [-0.2, 0) is 11.2 Å². The van der Waals surface area contributed by atoms with Crippen LogP contribution in [0, 0.1) is 18.7 Å². The number of rotatable bonds is 5. The molecule has 1 aliphatic rings. The summed E-state index contributed by atoms with van der Waals surface area (Å²) in [5, 5.41) is 12.1. The van der Waals surface area contributed by atoms with E-state index in [-0.39, 0.29) is 23.5 Å². The van der Waals surface area contributed by atoms with Gasteiger partial charge >= 0.3 is 0 Å². The minimum Gasteiger partial charge on any atom is -0.338 e. The molecule has 1 N–H and O–H groups in total. The van der Waals surface area contributed by atoms with Crippen molar-refractivity contribution in [1.29, 1.82) is 0 Å². The second kappa shape index (κ2) is 9.34. The van der Waals surface area contributed by atoms with Crippen molar-refractivity contribution in [3.8, 4) is 0 Å². The Hall–Kier alpha value is -3.13. The Bertz CT molecular complexity index is 1080. The number of likely N-dealkylation sites (tertiary alicyclic amines) is 1. The van der Waals surface area contributed by atoms with Gasteiger partial charge in [-0.2, -0.15) is 0 Å². The quantitative estimate of drug-likeness (QED) is 0.652. The summed E-state index contributed by atoms with van der Waals surface area (Å²) in [5.41, 5.74) is 2.53. The molecule has 8 heteroatoms. The summed E-state index contributed by atoms with van der Waals surface area (Å²) in [7, 11) is 0. The number of carbonyl (C=O) groups excluding carboxylic acids is 2. The molecule has 0 bridgehead atoms. The van der Waals surface area contributed by atoms with Crippen LogP contribution in [0.1, 0.15) is 39.3 Å². The number of amides is 2. The highest BCUT2D eigenvalue weighted by molar-refractivity contribution is 7.15. The van der Waals surface area contributed by atoms with Gasteiger partial charge in [0, 0.05) is 25.1 Å². The van der Waals surface area contributed by atoms with E-state index in [1.807, 2.05) is 37.3 Å². The minimum atomic E-state index is -0.294. The summed E-state index contributed by atoms with van der Waals surface area (Å²) in [6.45, 7) is 3.01. The molecule has 4 rings (SSSR count). The van der Waals surface area contributed by atoms with E-state index in [0.717, 1.165) is 24.0 Å². The van der Waals surface area contributed by atoms with E-state index in [4.69, 9.17) is 0 Å². The fraction of sp³-hybridized carbons (Fsp3) is 0.304. The second-order valence-electron chi connectivity index (χ2n) is 7.75. The largest absolute Gasteiger partial charge is 0.338 e. The Morgan fingerprint density at radius 2 is 2.00 bits per heavy atom. The van der Waals surface area contributed by atoms with E-state index in [2.05, 4.69) is 15.5 Å². The molecule has 0 spiro atoms. The third-order valence-electron chi connectivity index (χ3n) is 5.32. The molecular weight excluding hydrogens is 415 g/mol. The SMILES string of the molecule is Cc1ccc(C(=O)N2CCCC(C(=O)Nc3nnc(Cc4cccc(F)c4)s3)C2)cc1. The van der Waals surface area contributed by atoms with Crippen LogP contribution in [0.3, 0.4) is 0 Å². The van der Waals surface area contributed by atoms with Gasteiger partial charge in [-0.05, 0) is 49.6 Å². The summed E-state index contributed by atoms with van der Waals surface area (Å²) in [4.78, 5) is 27.3. The van der Waals surface area contributed by atoms with E-state index in [9.17, 15) is 14.0 Å². The van der Waals surface area contributed by atoms with Crippen molar-refractivity contribution in [2.24, 2.45) is 5.92 Å². The molecule has 0 radical (unpaired) electrons. The highest BCUT2D eigenvalue weighted by Crippen LogP contribution is 2.23. The lowest BCUT2D eigenvalue weighted by Gasteiger charge is -2.32. The molecule has 0 aliphatic carbocycles. The maximum Gasteiger partial charge on any atom is 0.253 e. The van der Waals surface area contributed by atoms with Gasteiger partial charge in [0.2, 0.25) is 11.0 Å². The van der Waals surface area contributed by atoms with Crippen molar-refractivity contribution < 1.29 is 14.0 Å². The molecule has 1 unspecified atom stereocenters. The van der Waals surface area contributed by atoms with Crippen molar-refractivity contribution in [1.82, 2.24) is 15.1 Å². The molecule has 1 saturated heterocycles. The van der Waals surface area contributed by atoms with E-state index in [1.54, 1.807) is 11.0 Å². The highest BCUT2D eigenvalue weighted by Gasteiger charge is 2.29. The Morgan fingerprint density at radius 3 is 2.77 bits per heavy atom. The van der Waals surface area contributed by atoms with E-state index in [1.165, 1.54) is 23.5 Å². The molecule has 1 aliphatic heterocycles. The zero-order valence-corrected chi connectivity index (χ0v) is 18.0. The zero-order valence-electron chi connectivity index (χ0n) is 17.2. The molecular formula is C23H23FN4O2S. The Morgan fingerprint density at radius 1 is 1.19 bits per heavy atom. The molecule has 31 heavy (non-hydrogen) atoms. The van der Waals surface area contributed by atoms with Crippen molar-refractivity contribution in [2.75, 3.05) is 18.4 Å². The number of aromatic nitrogens is 2. The number of nitrogens with one attached hydrogen (secondary N) is 1. The van der Waals surface area contributed by atoms with Crippen LogP contribution < -0.4 is 5.32 Å². The van der Waals surface area contributed by atoms with Crippen LogP contribution >= 0.6 is 11.3 Å². The van der Waals surface area contributed by atoms with Crippen molar-refractivity contribution in [3.63, 3.8) is 0 Å². The predicted octanol–water partition coefficient (Wildman–Crippen LogP) is 4.07. The maximum absolute atomic E-state index is 13.3. The molecule has 1 atom stereocenters. The van der Waals surface area contributed by atoms with Gasteiger partial charge in [0.05, 0.1) is 5.92 Å². The monoisotopic (exact) mass is 438 g/mol. The van der Waals surface area contributed by atoms with Crippen LogP contribution in [-0.4, -0.2) is 40.0 Å². The third-order valence-corrected chi connectivity index (χ3v) is 6.16. The first-order valence-corrected chi connectivity index (χ1v) is 11.0. The summed E-state index contributed by atoms with van der Waals surface area (Å²) in [6, 6.07) is 13.8. The minimum absolute atomic E-state index is 0.0502. The molecule has 3 aromatic rings. The summed E-state index contributed by atoms with van der Waals surface area (Å²) < 4.78 is 13.3. The van der Waals surface area contributed by atoms with Gasteiger partial charge in [0.15, 0.2) is 0 Å². The van der Waals surface area contributed by atoms with Crippen molar-refractivity contribution in [3.05, 3.63) is 76.0 Å². The average molecular weight is 439 g/mol. The molecule has 160 valence electrons. The summed E-state index contributed by atoms with van der Waals surface area (Å²) in [6.07, 6.45) is 1.95. The van der Waals surface area contributed by atoms with Gasteiger partial charge in [0.1, 0.15) is 10.8 Å². The van der Waals surface area contributed by atoms with Crippen LogP contribution in [0.4, 0.5) is 9.52 Å². The summed E-state index contributed by atoms with van der Waals surface area (Å²) in [5.74, 6) is -0.794. The number of piperidine rings is 1. The smallest absolute Gasteiger partial charge is 0.253 e. The first kappa shape index (κ1) is 21.1. The van der Waals surface area contributed by atoms with Crippen LogP contribution in [0.15, 0.2) is 48.5 Å². The highest BCUT2D eigenvalue weighted by atomic mass is 32.1. The number of carbonyl (C=O) groups is 2. The Balaban J connectivity index is 1.35. The lowest BCUT2D eigenvalue weighted by atomic mass is 9.96. The van der Waals surface area contributed by atoms with Crippen LogP contribution in [0.2, 0.25) is 0 Å². The second-order valence-corrected chi connectivity index (χ2v) is 8.82. The lowest BCUT2D eigenvalue weighted by Crippen LogP contribution is -2.43. The number of anilines is 1.